The Bertz CT molecular complexity index is 1580. The Morgan fingerprint density at radius 3 is 2.19 bits per heavy atom. The minimum Gasteiger partial charge on any atom is -0.453 e. The van der Waals surface area contributed by atoms with Gasteiger partial charge < -0.3 is 8.83 Å². The van der Waals surface area contributed by atoms with Gasteiger partial charge in [-0.3, -0.25) is 4.98 Å². The number of hydrogen-bond acceptors (Lipinski definition) is 3. The molecule has 0 atom stereocenters. The van der Waals surface area contributed by atoms with E-state index in [1.54, 1.807) is 0 Å². The summed E-state index contributed by atoms with van der Waals surface area (Å²) in [7, 11) is 0. The molecule has 0 spiro atoms. The number of benzene rings is 3. The second-order valence-corrected chi connectivity index (χ2v) is 9.33. The first kappa shape index (κ1) is 18.9. The monoisotopic (exact) mass is 417 g/mol. The molecule has 3 aromatic heterocycles. The van der Waals surface area contributed by atoms with Crippen LogP contribution in [0.3, 0.4) is 0 Å². The minimum atomic E-state index is 0.0132. The van der Waals surface area contributed by atoms with Crippen molar-refractivity contribution in [1.29, 1.82) is 0 Å². The number of furan rings is 2. The molecule has 156 valence electrons. The topological polar surface area (TPSA) is 39.2 Å². The van der Waals surface area contributed by atoms with E-state index in [-0.39, 0.29) is 5.41 Å². The first-order valence-corrected chi connectivity index (χ1v) is 10.9. The van der Waals surface area contributed by atoms with Gasteiger partial charge in [0.1, 0.15) is 11.2 Å². The van der Waals surface area contributed by atoms with Gasteiger partial charge in [0.2, 0.25) is 0 Å². The largest absolute Gasteiger partial charge is 0.453 e. The number of pyridine rings is 1. The molecule has 6 aromatic rings. The molecular weight excluding hydrogens is 394 g/mol. The lowest BCUT2D eigenvalue weighted by atomic mass is 9.82. The fourth-order valence-electron chi connectivity index (χ4n) is 4.49. The van der Waals surface area contributed by atoms with Crippen molar-refractivity contribution in [1.82, 2.24) is 4.98 Å². The summed E-state index contributed by atoms with van der Waals surface area (Å²) in [5.41, 5.74) is 4.99. The van der Waals surface area contributed by atoms with Crippen LogP contribution in [0.15, 0.2) is 93.9 Å². The molecule has 3 heteroatoms. The van der Waals surface area contributed by atoms with Gasteiger partial charge in [-0.1, -0.05) is 63.2 Å². The van der Waals surface area contributed by atoms with Gasteiger partial charge in [0.05, 0.1) is 5.69 Å². The number of fused-ring (bicyclic) bond motifs is 3. The van der Waals surface area contributed by atoms with Gasteiger partial charge in [-0.2, -0.15) is 0 Å². The molecule has 0 saturated heterocycles. The molecule has 3 aromatic carbocycles. The van der Waals surface area contributed by atoms with Crippen LogP contribution in [-0.4, -0.2) is 4.98 Å². The molecular formula is C29H23NO2. The summed E-state index contributed by atoms with van der Waals surface area (Å²) in [5, 5.41) is 4.55. The van der Waals surface area contributed by atoms with E-state index in [1.807, 2.05) is 48.7 Å². The van der Waals surface area contributed by atoms with Gasteiger partial charge in [-0.15, -0.1) is 0 Å². The van der Waals surface area contributed by atoms with Gasteiger partial charge in [-0.25, -0.2) is 0 Å². The fraction of sp³-hybridized carbons (Fsp3) is 0.138. The lowest BCUT2D eigenvalue weighted by molar-refractivity contribution is 0.569. The third kappa shape index (κ3) is 3.01. The Hall–Kier alpha value is -3.85. The van der Waals surface area contributed by atoms with E-state index < -0.39 is 0 Å². The van der Waals surface area contributed by atoms with Crippen LogP contribution in [0, 0.1) is 0 Å². The Labute approximate surface area is 186 Å². The third-order valence-electron chi connectivity index (χ3n) is 6.06. The van der Waals surface area contributed by atoms with Crippen molar-refractivity contribution in [2.24, 2.45) is 0 Å². The highest BCUT2D eigenvalue weighted by atomic mass is 16.4. The quantitative estimate of drug-likeness (QED) is 0.284. The van der Waals surface area contributed by atoms with E-state index in [2.05, 4.69) is 57.2 Å². The van der Waals surface area contributed by atoms with E-state index in [1.165, 1.54) is 16.3 Å². The Kier molecular flexibility index (Phi) is 4.03. The van der Waals surface area contributed by atoms with Crippen molar-refractivity contribution in [3.05, 3.63) is 90.6 Å². The van der Waals surface area contributed by atoms with Gasteiger partial charge >= 0.3 is 0 Å². The molecule has 0 N–H and O–H groups in total. The molecule has 0 aliphatic heterocycles. The normalized spacial score (nSPS) is 12.2. The number of aromatic nitrogens is 1. The van der Waals surface area contributed by atoms with Crippen molar-refractivity contribution >= 4 is 32.7 Å². The number of hydrogen-bond donors (Lipinski definition) is 0. The molecule has 0 aliphatic carbocycles. The van der Waals surface area contributed by atoms with Crippen molar-refractivity contribution in [3.63, 3.8) is 0 Å². The lowest BCUT2D eigenvalue weighted by Crippen LogP contribution is -2.12. The zero-order chi connectivity index (χ0) is 21.9. The highest BCUT2D eigenvalue weighted by Gasteiger charge is 2.20. The smallest absolute Gasteiger partial charge is 0.170 e. The zero-order valence-electron chi connectivity index (χ0n) is 18.3. The molecule has 0 fully saturated rings. The zero-order valence-corrected chi connectivity index (χ0v) is 18.3. The highest BCUT2D eigenvalue weighted by Crippen LogP contribution is 2.39. The summed E-state index contributed by atoms with van der Waals surface area (Å²) < 4.78 is 12.2. The number of para-hydroxylation sites is 1. The average molecular weight is 418 g/mol. The molecule has 3 nitrogen and oxygen atoms in total. The van der Waals surface area contributed by atoms with Crippen LogP contribution < -0.4 is 0 Å². The molecule has 0 unspecified atom stereocenters. The second kappa shape index (κ2) is 6.83. The van der Waals surface area contributed by atoms with Crippen LogP contribution in [0.5, 0.6) is 0 Å². The Balaban J connectivity index is 1.56. The highest BCUT2D eigenvalue weighted by molar-refractivity contribution is 5.98. The molecule has 0 amide bonds. The maximum Gasteiger partial charge on any atom is 0.170 e. The van der Waals surface area contributed by atoms with E-state index in [0.717, 1.165) is 39.0 Å². The predicted octanol–water partition coefficient (Wildman–Crippen LogP) is 8.36. The summed E-state index contributed by atoms with van der Waals surface area (Å²) in [6.45, 7) is 6.76. The summed E-state index contributed by atoms with van der Waals surface area (Å²) in [5.74, 6) is 1.43. The summed E-state index contributed by atoms with van der Waals surface area (Å²) >= 11 is 0. The standard InChI is InChI=1S/C29H23NO2/c1-29(2,3)23-15-20(14-18-8-4-6-10-21(18)23)28-22-17-27(32-25(22)12-13-30-28)26-16-19-9-5-7-11-24(19)31-26/h4-17H,1-3H3. The predicted molar refractivity (Wildman–Crippen MR) is 131 cm³/mol. The van der Waals surface area contributed by atoms with Crippen LogP contribution in [0.4, 0.5) is 0 Å². The molecule has 0 radical (unpaired) electrons. The van der Waals surface area contributed by atoms with Crippen LogP contribution in [0.1, 0.15) is 26.3 Å². The van der Waals surface area contributed by atoms with Crippen molar-refractivity contribution in [2.75, 3.05) is 0 Å². The van der Waals surface area contributed by atoms with E-state index in [0.29, 0.717) is 5.76 Å². The Morgan fingerprint density at radius 1 is 0.656 bits per heavy atom. The third-order valence-corrected chi connectivity index (χ3v) is 6.06. The average Bonchev–Trinajstić information content (AvgIpc) is 3.41. The molecule has 6 rings (SSSR count). The summed E-state index contributed by atoms with van der Waals surface area (Å²) in [6, 6.07) is 27.0. The van der Waals surface area contributed by atoms with Crippen LogP contribution in [-0.2, 0) is 5.41 Å². The maximum absolute atomic E-state index is 6.20. The number of rotatable bonds is 2. The van der Waals surface area contributed by atoms with Gasteiger partial charge in [0.15, 0.2) is 11.5 Å². The van der Waals surface area contributed by atoms with E-state index >= 15 is 0 Å². The van der Waals surface area contributed by atoms with Crippen molar-refractivity contribution in [3.8, 4) is 22.8 Å². The first-order chi connectivity index (χ1) is 15.5. The molecule has 32 heavy (non-hydrogen) atoms. The molecule has 0 saturated carbocycles. The Morgan fingerprint density at radius 2 is 1.38 bits per heavy atom. The van der Waals surface area contributed by atoms with E-state index in [9.17, 15) is 0 Å². The van der Waals surface area contributed by atoms with Crippen LogP contribution in [0.2, 0.25) is 0 Å². The minimum absolute atomic E-state index is 0.0132. The fourth-order valence-corrected chi connectivity index (χ4v) is 4.49. The molecule has 0 bridgehead atoms. The van der Waals surface area contributed by atoms with Gasteiger partial charge in [0.25, 0.3) is 0 Å². The van der Waals surface area contributed by atoms with Crippen LogP contribution in [0.25, 0.3) is 55.5 Å². The second-order valence-electron chi connectivity index (χ2n) is 9.33. The van der Waals surface area contributed by atoms with Crippen LogP contribution >= 0.6 is 0 Å². The lowest BCUT2D eigenvalue weighted by Gasteiger charge is -2.22. The number of nitrogens with zero attached hydrogens (tertiary/aromatic N) is 1. The summed E-state index contributed by atoms with van der Waals surface area (Å²) in [4.78, 5) is 4.77. The summed E-state index contributed by atoms with van der Waals surface area (Å²) in [6.07, 6.45) is 1.82. The SMILES string of the molecule is CC(C)(C)c1cc(-c2nccc3oc(-c4cc5ccccc5o4)cc23)cc2ccccc12. The molecule has 0 aliphatic rings. The van der Waals surface area contributed by atoms with Crippen molar-refractivity contribution < 1.29 is 8.83 Å². The van der Waals surface area contributed by atoms with Crippen molar-refractivity contribution in [2.45, 2.75) is 26.2 Å². The van der Waals surface area contributed by atoms with E-state index in [4.69, 9.17) is 13.8 Å². The first-order valence-electron chi connectivity index (χ1n) is 10.9. The van der Waals surface area contributed by atoms with Gasteiger partial charge in [0, 0.05) is 22.5 Å². The van der Waals surface area contributed by atoms with Gasteiger partial charge in [-0.05, 0) is 58.1 Å². The molecule has 3 heterocycles. The maximum atomic E-state index is 6.20.